The highest BCUT2D eigenvalue weighted by molar-refractivity contribution is 6.07. The van der Waals surface area contributed by atoms with Gasteiger partial charge in [-0.1, -0.05) is 42.5 Å². The molecule has 0 saturated heterocycles. The Hall–Kier alpha value is -4.82. The first-order chi connectivity index (χ1) is 20.5. The molecule has 1 atom stereocenters. The Morgan fingerprint density at radius 3 is 2.26 bits per heavy atom. The summed E-state index contributed by atoms with van der Waals surface area (Å²) in [7, 11) is 6.24. The quantitative estimate of drug-likeness (QED) is 0.208. The molecule has 0 fully saturated rings. The van der Waals surface area contributed by atoms with E-state index in [0.29, 0.717) is 63.6 Å². The lowest BCUT2D eigenvalue weighted by Gasteiger charge is -2.20. The number of pyridine rings is 1. The van der Waals surface area contributed by atoms with Gasteiger partial charge in [0.25, 0.3) is 5.91 Å². The van der Waals surface area contributed by atoms with Crippen LogP contribution >= 0.6 is 0 Å². The van der Waals surface area contributed by atoms with Gasteiger partial charge in [-0.2, -0.15) is 0 Å². The van der Waals surface area contributed by atoms with Crippen molar-refractivity contribution in [3.63, 3.8) is 0 Å². The van der Waals surface area contributed by atoms with Crippen LogP contribution in [0.15, 0.2) is 78.9 Å². The maximum absolute atomic E-state index is 14.0. The molecule has 0 spiro atoms. The van der Waals surface area contributed by atoms with Gasteiger partial charge in [0.2, 0.25) is 5.75 Å². The predicted octanol–water partition coefficient (Wildman–Crippen LogP) is 5.81. The predicted molar refractivity (Wildman–Crippen MR) is 164 cm³/mol. The highest BCUT2D eigenvalue weighted by atomic mass is 16.5. The third kappa shape index (κ3) is 5.80. The number of hydrogen-bond donors (Lipinski definition) is 2. The van der Waals surface area contributed by atoms with Gasteiger partial charge in [0.15, 0.2) is 11.5 Å². The van der Waals surface area contributed by atoms with Crippen LogP contribution in [-0.4, -0.2) is 57.1 Å². The zero-order valence-electron chi connectivity index (χ0n) is 24.1. The number of ether oxygens (including phenoxy) is 4. The van der Waals surface area contributed by atoms with E-state index in [1.165, 1.54) is 0 Å². The van der Waals surface area contributed by atoms with Crippen molar-refractivity contribution in [2.24, 2.45) is 0 Å². The standard InChI is InChI=1S/C34H34N2O6/c1-39-25-12-13-29-27(19-25)28(20-30(36-29)23-17-31(40-2)33(42-4)32(18-23)41-3)34(38)35-24(14-15-37)16-22-10-7-9-21-8-5-6-11-26(21)22/h5-13,17-20,24,37H,14-16H2,1-4H3,(H,35,38)/t24-/m0/s1. The van der Waals surface area contributed by atoms with Gasteiger partial charge in [-0.3, -0.25) is 4.79 Å². The maximum Gasteiger partial charge on any atom is 0.252 e. The lowest BCUT2D eigenvalue weighted by Crippen LogP contribution is -2.37. The number of nitrogens with one attached hydrogen (secondary N) is 1. The normalized spacial score (nSPS) is 11.7. The van der Waals surface area contributed by atoms with Crippen LogP contribution in [0, 0.1) is 0 Å². The van der Waals surface area contributed by atoms with Gasteiger partial charge in [-0.05, 0) is 65.6 Å². The Labute approximate surface area is 244 Å². The van der Waals surface area contributed by atoms with E-state index in [1.807, 2.05) is 36.4 Å². The molecule has 5 aromatic rings. The van der Waals surface area contributed by atoms with E-state index in [-0.39, 0.29) is 18.6 Å². The van der Waals surface area contributed by atoms with Crippen molar-refractivity contribution < 1.29 is 28.8 Å². The summed E-state index contributed by atoms with van der Waals surface area (Å²) in [4.78, 5) is 18.9. The molecule has 4 aromatic carbocycles. The van der Waals surface area contributed by atoms with E-state index in [2.05, 4.69) is 29.6 Å². The third-order valence-corrected chi connectivity index (χ3v) is 7.38. The smallest absolute Gasteiger partial charge is 0.252 e. The molecule has 1 heterocycles. The Bertz CT molecular complexity index is 1700. The van der Waals surface area contributed by atoms with Crippen molar-refractivity contribution in [2.75, 3.05) is 35.0 Å². The lowest BCUT2D eigenvalue weighted by molar-refractivity contribution is 0.0932. The minimum atomic E-state index is -0.299. The SMILES string of the molecule is COc1ccc2nc(-c3cc(OC)c(OC)c(OC)c3)cc(C(=O)N[C@@H](CCO)Cc3cccc4ccccc34)c2c1. The molecule has 0 aliphatic rings. The number of methoxy groups -OCH3 is 4. The second-order valence-electron chi connectivity index (χ2n) is 9.88. The number of fused-ring (bicyclic) bond motifs is 2. The number of aliphatic hydroxyl groups is 1. The minimum absolute atomic E-state index is 0.0582. The van der Waals surface area contributed by atoms with Crippen LogP contribution in [0.5, 0.6) is 23.0 Å². The van der Waals surface area contributed by atoms with E-state index in [1.54, 1.807) is 46.6 Å². The molecule has 0 bridgehead atoms. The molecule has 0 aliphatic carbocycles. The number of carbonyl (C=O) groups is 1. The van der Waals surface area contributed by atoms with Crippen LogP contribution in [0.1, 0.15) is 22.3 Å². The summed E-state index contributed by atoms with van der Waals surface area (Å²) in [5, 5.41) is 16.0. The van der Waals surface area contributed by atoms with E-state index in [0.717, 1.165) is 16.3 Å². The summed E-state index contributed by atoms with van der Waals surface area (Å²) >= 11 is 0. The number of benzene rings is 4. The van der Waals surface area contributed by atoms with Gasteiger partial charge in [0.1, 0.15) is 5.75 Å². The highest BCUT2D eigenvalue weighted by Gasteiger charge is 2.21. The first-order valence-corrected chi connectivity index (χ1v) is 13.7. The van der Waals surface area contributed by atoms with Gasteiger partial charge in [0, 0.05) is 23.6 Å². The van der Waals surface area contributed by atoms with Crippen LogP contribution in [0.25, 0.3) is 32.9 Å². The fraction of sp³-hybridized carbons (Fsp3) is 0.235. The number of aliphatic hydroxyl groups excluding tert-OH is 1. The van der Waals surface area contributed by atoms with Crippen molar-refractivity contribution in [1.82, 2.24) is 10.3 Å². The maximum atomic E-state index is 14.0. The largest absolute Gasteiger partial charge is 0.497 e. The first-order valence-electron chi connectivity index (χ1n) is 13.7. The molecule has 42 heavy (non-hydrogen) atoms. The fourth-order valence-corrected chi connectivity index (χ4v) is 5.28. The number of amides is 1. The van der Waals surface area contributed by atoms with Gasteiger partial charge in [0.05, 0.1) is 45.2 Å². The molecular weight excluding hydrogens is 532 g/mol. The molecule has 1 amide bonds. The van der Waals surface area contributed by atoms with Crippen LogP contribution < -0.4 is 24.3 Å². The molecule has 1 aromatic heterocycles. The molecule has 0 saturated carbocycles. The second kappa shape index (κ2) is 12.8. The monoisotopic (exact) mass is 566 g/mol. The Morgan fingerprint density at radius 1 is 0.833 bits per heavy atom. The first kappa shape index (κ1) is 28.7. The average molecular weight is 567 g/mol. The van der Waals surface area contributed by atoms with Gasteiger partial charge < -0.3 is 29.4 Å². The molecule has 0 unspecified atom stereocenters. The van der Waals surface area contributed by atoms with Crippen LogP contribution in [0.3, 0.4) is 0 Å². The number of aromatic nitrogens is 1. The van der Waals surface area contributed by atoms with Crippen molar-refractivity contribution in [3.05, 3.63) is 90.0 Å². The summed E-state index contributed by atoms with van der Waals surface area (Å²) in [5.41, 5.74) is 3.42. The zero-order chi connectivity index (χ0) is 29.6. The Balaban J connectivity index is 1.57. The molecule has 0 aliphatic heterocycles. The number of nitrogens with zero attached hydrogens (tertiary/aromatic N) is 1. The Morgan fingerprint density at radius 2 is 1.57 bits per heavy atom. The number of hydrogen-bond acceptors (Lipinski definition) is 7. The van der Waals surface area contributed by atoms with Gasteiger partial charge in [-0.25, -0.2) is 4.98 Å². The zero-order valence-corrected chi connectivity index (χ0v) is 24.1. The van der Waals surface area contributed by atoms with Crippen LogP contribution in [0.4, 0.5) is 0 Å². The summed E-state index contributed by atoms with van der Waals surface area (Å²) < 4.78 is 22.0. The van der Waals surface area contributed by atoms with E-state index >= 15 is 0 Å². The lowest BCUT2D eigenvalue weighted by atomic mass is 9.97. The molecular formula is C34H34N2O6. The molecule has 0 radical (unpaired) electrons. The molecule has 8 nitrogen and oxygen atoms in total. The summed E-state index contributed by atoms with van der Waals surface area (Å²) in [6, 6.07) is 24.8. The van der Waals surface area contributed by atoms with Crippen molar-refractivity contribution >= 4 is 27.6 Å². The molecule has 216 valence electrons. The van der Waals surface area contributed by atoms with Crippen molar-refractivity contribution in [1.29, 1.82) is 0 Å². The second-order valence-corrected chi connectivity index (χ2v) is 9.88. The minimum Gasteiger partial charge on any atom is -0.497 e. The van der Waals surface area contributed by atoms with Gasteiger partial charge in [-0.15, -0.1) is 0 Å². The van der Waals surface area contributed by atoms with E-state index < -0.39 is 0 Å². The molecule has 8 heteroatoms. The summed E-state index contributed by atoms with van der Waals surface area (Å²) in [6.45, 7) is -0.0582. The van der Waals surface area contributed by atoms with Crippen LogP contribution in [-0.2, 0) is 6.42 Å². The summed E-state index contributed by atoms with van der Waals surface area (Å²) in [5.74, 6) is 1.76. The highest BCUT2D eigenvalue weighted by Crippen LogP contribution is 2.41. The van der Waals surface area contributed by atoms with E-state index in [4.69, 9.17) is 23.9 Å². The van der Waals surface area contributed by atoms with Gasteiger partial charge >= 0.3 is 0 Å². The Kier molecular flexibility index (Phi) is 8.74. The van der Waals surface area contributed by atoms with Crippen molar-refractivity contribution in [3.8, 4) is 34.3 Å². The summed E-state index contributed by atoms with van der Waals surface area (Å²) in [6.07, 6.45) is 0.973. The molecule has 2 N–H and O–H groups in total. The topological polar surface area (TPSA) is 99.1 Å². The van der Waals surface area contributed by atoms with Crippen molar-refractivity contribution in [2.45, 2.75) is 18.9 Å². The van der Waals surface area contributed by atoms with E-state index in [9.17, 15) is 9.90 Å². The average Bonchev–Trinajstić information content (AvgIpc) is 3.03. The number of carbonyl (C=O) groups excluding carboxylic acids is 1. The van der Waals surface area contributed by atoms with Crippen LogP contribution in [0.2, 0.25) is 0 Å². The number of rotatable bonds is 11. The molecule has 5 rings (SSSR count). The third-order valence-electron chi connectivity index (χ3n) is 7.38. The fourth-order valence-electron chi connectivity index (χ4n) is 5.28.